The summed E-state index contributed by atoms with van der Waals surface area (Å²) >= 11 is 6.09. The predicted octanol–water partition coefficient (Wildman–Crippen LogP) is 4.01. The van der Waals surface area contributed by atoms with E-state index in [-0.39, 0.29) is 33.5 Å². The monoisotopic (exact) mass is 444 g/mol. The molecule has 9 heteroatoms. The highest BCUT2D eigenvalue weighted by molar-refractivity contribution is 7.89. The van der Waals surface area contributed by atoms with Gasteiger partial charge in [0.2, 0.25) is 10.0 Å². The number of sulfonamides is 1. The third-order valence-corrected chi connectivity index (χ3v) is 6.90. The Hall–Kier alpha value is -2.03. The van der Waals surface area contributed by atoms with Gasteiger partial charge in [0.1, 0.15) is 11.6 Å². The fourth-order valence-electron chi connectivity index (χ4n) is 2.67. The molecule has 0 radical (unpaired) electrons. The van der Waals surface area contributed by atoms with Crippen molar-refractivity contribution in [2.24, 2.45) is 0 Å². The van der Waals surface area contributed by atoms with Crippen LogP contribution in [0.25, 0.3) is 0 Å². The molecule has 0 heterocycles. The van der Waals surface area contributed by atoms with Crippen LogP contribution < -0.4 is 5.32 Å². The molecule has 1 amide bonds. The molecule has 0 aliphatic heterocycles. The van der Waals surface area contributed by atoms with Crippen LogP contribution in [0.2, 0.25) is 5.02 Å². The molecule has 1 unspecified atom stereocenters. The van der Waals surface area contributed by atoms with Gasteiger partial charge in [0.05, 0.1) is 15.5 Å². The summed E-state index contributed by atoms with van der Waals surface area (Å²) in [6.45, 7) is 5.04. The van der Waals surface area contributed by atoms with Crippen LogP contribution in [-0.2, 0) is 16.4 Å². The number of benzene rings is 2. The Morgan fingerprint density at radius 3 is 2.28 bits per heavy atom. The summed E-state index contributed by atoms with van der Waals surface area (Å²) in [6, 6.07) is 6.50. The summed E-state index contributed by atoms with van der Waals surface area (Å²) < 4.78 is 54.1. The summed E-state index contributed by atoms with van der Waals surface area (Å²) in [5, 5.41) is 2.67. The van der Waals surface area contributed by atoms with Crippen molar-refractivity contribution in [3.05, 3.63) is 64.2 Å². The highest BCUT2D eigenvalue weighted by atomic mass is 35.5. The van der Waals surface area contributed by atoms with E-state index in [4.69, 9.17) is 11.6 Å². The molecule has 0 spiro atoms. The zero-order chi connectivity index (χ0) is 21.9. The van der Waals surface area contributed by atoms with E-state index in [1.54, 1.807) is 20.8 Å². The lowest BCUT2D eigenvalue weighted by Crippen LogP contribution is -2.35. The first-order valence-electron chi connectivity index (χ1n) is 8.96. The molecule has 0 aromatic heterocycles. The van der Waals surface area contributed by atoms with Crippen molar-refractivity contribution in [1.82, 2.24) is 9.62 Å². The summed E-state index contributed by atoms with van der Waals surface area (Å²) in [7, 11) is -2.36. The molecule has 2 aromatic rings. The average Bonchev–Trinajstić information content (AvgIpc) is 2.64. The molecule has 0 bridgehead atoms. The Morgan fingerprint density at radius 2 is 1.72 bits per heavy atom. The molecular weight excluding hydrogens is 422 g/mol. The van der Waals surface area contributed by atoms with Crippen molar-refractivity contribution in [3.8, 4) is 0 Å². The lowest BCUT2D eigenvalue weighted by Gasteiger charge is -2.21. The first kappa shape index (κ1) is 23.3. The average molecular weight is 445 g/mol. The molecule has 2 aromatic carbocycles. The molecular formula is C20H23ClF2N2O3S. The zero-order valence-corrected chi connectivity index (χ0v) is 18.1. The van der Waals surface area contributed by atoms with Gasteiger partial charge in [-0.05, 0) is 57.5 Å². The van der Waals surface area contributed by atoms with Crippen LogP contribution in [0.3, 0.4) is 0 Å². The SMILES string of the molecule is CC(Cc1c(F)cccc1F)NC(=O)c1cc(S(=O)(=O)N(C)C(C)C)ccc1Cl. The Bertz CT molecular complexity index is 993. The minimum Gasteiger partial charge on any atom is -0.349 e. The van der Waals surface area contributed by atoms with Crippen molar-refractivity contribution < 1.29 is 22.0 Å². The second-order valence-corrected chi connectivity index (χ2v) is 9.44. The van der Waals surface area contributed by atoms with E-state index >= 15 is 0 Å². The lowest BCUT2D eigenvalue weighted by molar-refractivity contribution is 0.0939. The largest absolute Gasteiger partial charge is 0.349 e. The summed E-state index contributed by atoms with van der Waals surface area (Å²) in [4.78, 5) is 12.6. The minimum absolute atomic E-state index is 0.0363. The van der Waals surface area contributed by atoms with Crippen molar-refractivity contribution in [2.75, 3.05) is 7.05 Å². The number of hydrogen-bond acceptors (Lipinski definition) is 3. The normalized spacial score (nSPS) is 13.0. The van der Waals surface area contributed by atoms with Crippen molar-refractivity contribution >= 4 is 27.5 Å². The number of nitrogens with one attached hydrogen (secondary N) is 1. The van der Waals surface area contributed by atoms with E-state index in [9.17, 15) is 22.0 Å². The smallest absolute Gasteiger partial charge is 0.253 e. The second kappa shape index (κ2) is 9.19. The van der Waals surface area contributed by atoms with Gasteiger partial charge in [-0.1, -0.05) is 17.7 Å². The fourth-order valence-corrected chi connectivity index (χ4v) is 4.27. The third-order valence-electron chi connectivity index (χ3n) is 4.54. The topological polar surface area (TPSA) is 66.5 Å². The maximum absolute atomic E-state index is 13.8. The molecule has 0 aliphatic rings. The minimum atomic E-state index is -3.80. The fraction of sp³-hybridized carbons (Fsp3) is 0.350. The van der Waals surface area contributed by atoms with Crippen LogP contribution in [-0.4, -0.2) is 37.8 Å². The molecule has 2 rings (SSSR count). The first-order chi connectivity index (χ1) is 13.4. The summed E-state index contributed by atoms with van der Waals surface area (Å²) in [5.74, 6) is -2.04. The molecule has 158 valence electrons. The molecule has 1 atom stereocenters. The van der Waals surface area contributed by atoms with E-state index in [1.807, 2.05) is 0 Å². The van der Waals surface area contributed by atoms with E-state index in [2.05, 4.69) is 5.32 Å². The lowest BCUT2D eigenvalue weighted by atomic mass is 10.1. The number of hydrogen-bond donors (Lipinski definition) is 1. The van der Waals surface area contributed by atoms with Crippen LogP contribution in [0.1, 0.15) is 36.7 Å². The highest BCUT2D eigenvalue weighted by Gasteiger charge is 2.25. The number of carbonyl (C=O) groups is 1. The maximum Gasteiger partial charge on any atom is 0.253 e. The van der Waals surface area contributed by atoms with Crippen molar-refractivity contribution in [1.29, 1.82) is 0 Å². The maximum atomic E-state index is 13.8. The van der Waals surface area contributed by atoms with Crippen molar-refractivity contribution in [2.45, 2.75) is 44.2 Å². The standard InChI is InChI=1S/C20H23ClF2N2O3S/c1-12(2)25(4)29(27,28)14-8-9-17(21)15(11-14)20(26)24-13(3)10-16-18(22)6-5-7-19(16)23/h5-9,11-13H,10H2,1-4H3,(H,24,26). The van der Waals surface area contributed by atoms with Crippen LogP contribution in [0, 0.1) is 11.6 Å². The van der Waals surface area contributed by atoms with Gasteiger partial charge in [0.25, 0.3) is 5.91 Å². The molecule has 29 heavy (non-hydrogen) atoms. The Morgan fingerprint density at radius 1 is 1.14 bits per heavy atom. The Labute approximate surface area is 174 Å². The van der Waals surface area contributed by atoms with Crippen molar-refractivity contribution in [3.63, 3.8) is 0 Å². The van der Waals surface area contributed by atoms with Crippen LogP contribution in [0.15, 0.2) is 41.3 Å². The number of rotatable bonds is 7. The van der Waals surface area contributed by atoms with Gasteiger partial charge in [0, 0.05) is 24.7 Å². The molecule has 5 nitrogen and oxygen atoms in total. The van der Waals surface area contributed by atoms with Crippen LogP contribution >= 0.6 is 11.6 Å². The summed E-state index contributed by atoms with van der Waals surface area (Å²) in [5.41, 5.74) is -0.174. The molecule has 0 saturated carbocycles. The van der Waals surface area contributed by atoms with Gasteiger partial charge < -0.3 is 5.32 Å². The predicted molar refractivity (Wildman–Crippen MR) is 109 cm³/mol. The number of nitrogens with zero attached hydrogens (tertiary/aromatic N) is 1. The van der Waals surface area contributed by atoms with Gasteiger partial charge in [-0.15, -0.1) is 0 Å². The van der Waals surface area contributed by atoms with E-state index in [0.717, 1.165) is 12.1 Å². The van der Waals surface area contributed by atoms with Gasteiger partial charge in [-0.2, -0.15) is 4.31 Å². The van der Waals surface area contributed by atoms with Crippen LogP contribution in [0.4, 0.5) is 8.78 Å². The number of carbonyl (C=O) groups excluding carboxylic acids is 1. The molecule has 1 N–H and O–H groups in total. The second-order valence-electron chi connectivity index (χ2n) is 7.04. The number of amides is 1. The Balaban J connectivity index is 2.25. The quantitative estimate of drug-likeness (QED) is 0.701. The molecule has 0 aliphatic carbocycles. The number of halogens is 3. The van der Waals surface area contributed by atoms with E-state index in [1.165, 1.54) is 35.6 Å². The zero-order valence-electron chi connectivity index (χ0n) is 16.5. The van der Waals surface area contributed by atoms with Gasteiger partial charge in [0.15, 0.2) is 0 Å². The molecule has 0 saturated heterocycles. The highest BCUT2D eigenvalue weighted by Crippen LogP contribution is 2.24. The van der Waals surface area contributed by atoms with E-state index < -0.39 is 33.6 Å². The van der Waals surface area contributed by atoms with Gasteiger partial charge >= 0.3 is 0 Å². The van der Waals surface area contributed by atoms with E-state index in [0.29, 0.717) is 0 Å². The Kier molecular flexibility index (Phi) is 7.37. The first-order valence-corrected chi connectivity index (χ1v) is 10.8. The summed E-state index contributed by atoms with van der Waals surface area (Å²) in [6.07, 6.45) is -0.0735. The van der Waals surface area contributed by atoms with Gasteiger partial charge in [-0.25, -0.2) is 17.2 Å². The van der Waals surface area contributed by atoms with Crippen LogP contribution in [0.5, 0.6) is 0 Å². The third kappa shape index (κ3) is 5.32. The molecule has 0 fully saturated rings. The van der Waals surface area contributed by atoms with Gasteiger partial charge in [-0.3, -0.25) is 4.79 Å².